The zero-order valence-corrected chi connectivity index (χ0v) is 13.2. The Balaban J connectivity index is 2.32. The molecule has 6 nitrogen and oxygen atoms in total. The topological polar surface area (TPSA) is 92.7 Å². The molecule has 1 unspecified atom stereocenters. The highest BCUT2D eigenvalue weighted by Gasteiger charge is 2.28. The van der Waals surface area contributed by atoms with Crippen molar-refractivity contribution in [3.63, 3.8) is 0 Å². The van der Waals surface area contributed by atoms with E-state index in [1.807, 2.05) is 0 Å². The first-order valence-electron chi connectivity index (χ1n) is 6.87. The van der Waals surface area contributed by atoms with Crippen LogP contribution in [-0.4, -0.2) is 30.1 Å². The van der Waals surface area contributed by atoms with Gasteiger partial charge in [-0.15, -0.1) is 11.3 Å². The Morgan fingerprint density at radius 2 is 2.09 bits per heavy atom. The average Bonchev–Trinajstić information content (AvgIpc) is 2.81. The molecule has 1 heterocycles. The monoisotopic (exact) mass is 323 g/mol. The summed E-state index contributed by atoms with van der Waals surface area (Å²) in [7, 11) is 1.30. The standard InChI is InChI=1S/C15H17NO5S/c1-8-3-4-9-10(7-8)22-14(13(9)15(20)21-2)16-11(17)5-6-12(18)19/h5-6,8H,3-4,7H2,1-2H3,(H,16,17)(H,18,19)/b6-5+. The zero-order chi connectivity index (χ0) is 16.3. The first-order chi connectivity index (χ1) is 10.4. The van der Waals surface area contributed by atoms with Gasteiger partial charge < -0.3 is 15.2 Å². The Kier molecular flexibility index (Phi) is 4.97. The first kappa shape index (κ1) is 16.2. The number of thiophene rings is 1. The Bertz CT molecular complexity index is 647. The second kappa shape index (κ2) is 6.74. The van der Waals surface area contributed by atoms with Crippen molar-refractivity contribution in [2.45, 2.75) is 26.2 Å². The molecule has 1 amide bonds. The normalized spacial score (nSPS) is 17.1. The number of carboxylic acids is 1. The van der Waals surface area contributed by atoms with Gasteiger partial charge in [-0.25, -0.2) is 9.59 Å². The smallest absolute Gasteiger partial charge is 0.341 e. The summed E-state index contributed by atoms with van der Waals surface area (Å²) in [5.74, 6) is -1.74. The van der Waals surface area contributed by atoms with E-state index in [0.29, 0.717) is 16.5 Å². The van der Waals surface area contributed by atoms with Crippen LogP contribution in [0.1, 0.15) is 34.1 Å². The lowest BCUT2D eigenvalue weighted by molar-refractivity contribution is -0.131. The third-order valence-corrected chi connectivity index (χ3v) is 4.68. The number of carbonyl (C=O) groups excluding carboxylic acids is 2. The summed E-state index contributed by atoms with van der Waals surface area (Å²) in [6.45, 7) is 2.15. The molecule has 118 valence electrons. The molecule has 0 aromatic carbocycles. The molecule has 7 heteroatoms. The number of anilines is 1. The van der Waals surface area contributed by atoms with Crippen LogP contribution in [0.3, 0.4) is 0 Å². The van der Waals surface area contributed by atoms with Crippen molar-refractivity contribution in [3.8, 4) is 0 Å². The Labute approximate surface area is 131 Å². The highest BCUT2D eigenvalue weighted by molar-refractivity contribution is 7.17. The van der Waals surface area contributed by atoms with Crippen molar-refractivity contribution in [2.75, 3.05) is 12.4 Å². The van der Waals surface area contributed by atoms with Crippen LogP contribution in [0.5, 0.6) is 0 Å². The van der Waals surface area contributed by atoms with Crippen molar-refractivity contribution >= 4 is 34.2 Å². The Morgan fingerprint density at radius 3 is 2.73 bits per heavy atom. The fourth-order valence-corrected chi connectivity index (χ4v) is 3.86. The summed E-state index contributed by atoms with van der Waals surface area (Å²) in [6, 6.07) is 0. The van der Waals surface area contributed by atoms with E-state index in [0.717, 1.165) is 41.9 Å². The number of ether oxygens (including phenoxy) is 1. The molecular formula is C15H17NO5S. The molecule has 1 atom stereocenters. The SMILES string of the molecule is COC(=O)c1c(NC(=O)/C=C/C(=O)O)sc2c1CCC(C)C2. The highest BCUT2D eigenvalue weighted by atomic mass is 32.1. The van der Waals surface area contributed by atoms with Crippen LogP contribution in [0.15, 0.2) is 12.2 Å². The van der Waals surface area contributed by atoms with E-state index in [1.165, 1.54) is 18.4 Å². The van der Waals surface area contributed by atoms with E-state index in [-0.39, 0.29) is 0 Å². The molecule has 0 saturated carbocycles. The zero-order valence-electron chi connectivity index (χ0n) is 12.3. The van der Waals surface area contributed by atoms with Crippen LogP contribution in [0.4, 0.5) is 5.00 Å². The van der Waals surface area contributed by atoms with E-state index in [2.05, 4.69) is 12.2 Å². The number of carbonyl (C=O) groups is 3. The van der Waals surface area contributed by atoms with E-state index in [9.17, 15) is 14.4 Å². The quantitative estimate of drug-likeness (QED) is 0.655. The van der Waals surface area contributed by atoms with Crippen molar-refractivity contribution in [1.82, 2.24) is 0 Å². The lowest BCUT2D eigenvalue weighted by Crippen LogP contribution is -2.15. The minimum Gasteiger partial charge on any atom is -0.478 e. The van der Waals surface area contributed by atoms with Crippen molar-refractivity contribution in [2.24, 2.45) is 5.92 Å². The molecule has 1 aromatic heterocycles. The Morgan fingerprint density at radius 1 is 1.36 bits per heavy atom. The number of fused-ring (bicyclic) bond motifs is 1. The number of nitrogens with one attached hydrogen (secondary N) is 1. The van der Waals surface area contributed by atoms with Gasteiger partial charge in [0.05, 0.1) is 12.7 Å². The summed E-state index contributed by atoms with van der Waals surface area (Å²) < 4.78 is 4.81. The maximum atomic E-state index is 12.0. The van der Waals surface area contributed by atoms with Gasteiger partial charge in [-0.1, -0.05) is 6.92 Å². The minimum absolute atomic E-state index is 0.395. The number of aliphatic carboxylic acids is 1. The van der Waals surface area contributed by atoms with Gasteiger partial charge in [-0.2, -0.15) is 0 Å². The number of amides is 1. The van der Waals surface area contributed by atoms with Crippen LogP contribution in [0.25, 0.3) is 0 Å². The molecule has 0 bridgehead atoms. The second-order valence-corrected chi connectivity index (χ2v) is 6.31. The third kappa shape index (κ3) is 3.54. The molecule has 0 aliphatic heterocycles. The van der Waals surface area contributed by atoms with Crippen molar-refractivity contribution < 1.29 is 24.2 Å². The van der Waals surface area contributed by atoms with E-state index in [1.54, 1.807) is 0 Å². The van der Waals surface area contributed by atoms with Crippen LogP contribution >= 0.6 is 11.3 Å². The van der Waals surface area contributed by atoms with Gasteiger partial charge in [-0.3, -0.25) is 4.79 Å². The number of hydrogen-bond acceptors (Lipinski definition) is 5. The predicted octanol–water partition coefficient (Wildman–Crippen LogP) is 2.24. The van der Waals surface area contributed by atoms with Crippen LogP contribution < -0.4 is 5.32 Å². The molecule has 1 aliphatic rings. The molecule has 1 aliphatic carbocycles. The maximum Gasteiger partial charge on any atom is 0.341 e. The molecule has 0 spiro atoms. The lowest BCUT2D eigenvalue weighted by atomic mass is 9.88. The fraction of sp³-hybridized carbons (Fsp3) is 0.400. The molecule has 2 N–H and O–H groups in total. The van der Waals surface area contributed by atoms with Crippen LogP contribution in [0.2, 0.25) is 0 Å². The largest absolute Gasteiger partial charge is 0.478 e. The first-order valence-corrected chi connectivity index (χ1v) is 7.68. The van der Waals surface area contributed by atoms with E-state index in [4.69, 9.17) is 9.84 Å². The van der Waals surface area contributed by atoms with Gasteiger partial charge in [0.1, 0.15) is 5.00 Å². The second-order valence-electron chi connectivity index (χ2n) is 5.21. The van der Waals surface area contributed by atoms with Crippen molar-refractivity contribution in [1.29, 1.82) is 0 Å². The molecule has 2 rings (SSSR count). The number of rotatable bonds is 4. The Hall–Kier alpha value is -2.15. The molecule has 0 saturated heterocycles. The summed E-state index contributed by atoms with van der Waals surface area (Å²) in [5.41, 5.74) is 1.33. The number of esters is 1. The van der Waals surface area contributed by atoms with Gasteiger partial charge in [0.2, 0.25) is 5.91 Å². The van der Waals surface area contributed by atoms with Crippen LogP contribution in [-0.2, 0) is 27.2 Å². The third-order valence-electron chi connectivity index (χ3n) is 3.52. The molecule has 0 radical (unpaired) electrons. The number of hydrogen-bond donors (Lipinski definition) is 2. The minimum atomic E-state index is -1.21. The summed E-state index contributed by atoms with van der Waals surface area (Å²) in [5, 5.41) is 11.5. The summed E-state index contributed by atoms with van der Waals surface area (Å²) >= 11 is 1.36. The maximum absolute atomic E-state index is 12.0. The van der Waals surface area contributed by atoms with Crippen molar-refractivity contribution in [3.05, 3.63) is 28.2 Å². The summed E-state index contributed by atoms with van der Waals surface area (Å²) in [4.78, 5) is 35.3. The van der Waals surface area contributed by atoms with Crippen LogP contribution in [0, 0.1) is 5.92 Å². The van der Waals surface area contributed by atoms with E-state index < -0.39 is 17.8 Å². The summed E-state index contributed by atoms with van der Waals surface area (Å²) in [6.07, 6.45) is 4.30. The van der Waals surface area contributed by atoms with E-state index >= 15 is 0 Å². The number of methoxy groups -OCH3 is 1. The highest BCUT2D eigenvalue weighted by Crippen LogP contribution is 2.39. The number of carboxylic acid groups (broad SMARTS) is 1. The van der Waals surface area contributed by atoms with Gasteiger partial charge >= 0.3 is 11.9 Å². The molecule has 1 aromatic rings. The lowest BCUT2D eigenvalue weighted by Gasteiger charge is -2.18. The predicted molar refractivity (Wildman–Crippen MR) is 82.3 cm³/mol. The fourth-order valence-electron chi connectivity index (χ4n) is 2.46. The van der Waals surface area contributed by atoms with Gasteiger partial charge in [0, 0.05) is 17.0 Å². The van der Waals surface area contributed by atoms with Gasteiger partial charge in [0.25, 0.3) is 0 Å². The molecule has 22 heavy (non-hydrogen) atoms. The molecule has 0 fully saturated rings. The van der Waals surface area contributed by atoms with Gasteiger partial charge in [0.15, 0.2) is 0 Å². The van der Waals surface area contributed by atoms with Gasteiger partial charge in [-0.05, 0) is 30.7 Å². The average molecular weight is 323 g/mol. The molecular weight excluding hydrogens is 306 g/mol.